The maximum atomic E-state index is 6.28. The van der Waals surface area contributed by atoms with Crippen LogP contribution in [-0.4, -0.2) is 23.1 Å². The number of rotatable bonds is 2. The summed E-state index contributed by atoms with van der Waals surface area (Å²) in [5.41, 5.74) is 5.40. The van der Waals surface area contributed by atoms with Crippen molar-refractivity contribution in [2.24, 2.45) is 0 Å². The van der Waals surface area contributed by atoms with E-state index >= 15 is 0 Å². The Morgan fingerprint density at radius 1 is 1.07 bits per heavy atom. The highest BCUT2D eigenvalue weighted by Crippen LogP contribution is 2.39. The van der Waals surface area contributed by atoms with Gasteiger partial charge in [-0.2, -0.15) is 5.10 Å². The molecule has 5 rings (SSSR count). The number of ether oxygens (including phenoxy) is 2. The van der Waals surface area contributed by atoms with Gasteiger partial charge >= 0.3 is 0 Å². The third-order valence-electron chi connectivity index (χ3n) is 5.17. The molecule has 0 amide bonds. The van der Waals surface area contributed by atoms with Crippen LogP contribution in [0.2, 0.25) is 5.02 Å². The molecule has 0 spiro atoms. The van der Waals surface area contributed by atoms with Crippen LogP contribution in [0.1, 0.15) is 24.0 Å². The van der Waals surface area contributed by atoms with Crippen LogP contribution in [0.15, 0.2) is 36.4 Å². The fourth-order valence-corrected chi connectivity index (χ4v) is 3.93. The zero-order valence-electron chi connectivity index (χ0n) is 15.1. The van der Waals surface area contributed by atoms with E-state index in [1.54, 1.807) is 0 Å². The molecule has 0 saturated carbocycles. The molecule has 0 atom stereocenters. The van der Waals surface area contributed by atoms with E-state index in [1.807, 2.05) is 35.0 Å². The molecule has 27 heavy (non-hydrogen) atoms. The van der Waals surface area contributed by atoms with Crippen LogP contribution in [0.4, 0.5) is 5.82 Å². The summed E-state index contributed by atoms with van der Waals surface area (Å²) in [4.78, 5) is 0. The lowest BCUT2D eigenvalue weighted by Gasteiger charge is -2.12. The van der Waals surface area contributed by atoms with Crippen LogP contribution in [0.5, 0.6) is 11.5 Å². The minimum absolute atomic E-state index is 0.272. The summed E-state index contributed by atoms with van der Waals surface area (Å²) in [5.74, 6) is 2.62. The third kappa shape index (κ3) is 2.82. The summed E-state index contributed by atoms with van der Waals surface area (Å²) < 4.78 is 13.0. The molecule has 3 heterocycles. The smallest absolute Gasteiger partial charge is 0.231 e. The molecular weight excluding hydrogens is 362 g/mol. The van der Waals surface area contributed by atoms with Gasteiger partial charge in [-0.25, -0.2) is 4.68 Å². The molecule has 0 fully saturated rings. The van der Waals surface area contributed by atoms with Gasteiger partial charge in [0, 0.05) is 22.7 Å². The molecule has 0 unspecified atom stereocenters. The Morgan fingerprint density at radius 2 is 1.96 bits per heavy atom. The first-order valence-electron chi connectivity index (χ1n) is 9.23. The zero-order valence-corrected chi connectivity index (χ0v) is 15.8. The monoisotopic (exact) mass is 381 g/mol. The SMILES string of the molecule is Cc1ccc(Cl)cc1-n1nc(-c2ccc3c(c2)OCO3)c2c1NCCCC2. The lowest BCUT2D eigenvalue weighted by atomic mass is 10.0. The van der Waals surface area contributed by atoms with Crippen LogP contribution in [0.25, 0.3) is 16.9 Å². The Bertz CT molecular complexity index is 1030. The second-order valence-electron chi connectivity index (χ2n) is 6.97. The molecule has 5 nitrogen and oxygen atoms in total. The maximum Gasteiger partial charge on any atom is 0.231 e. The number of aryl methyl sites for hydroxylation is 1. The third-order valence-corrected chi connectivity index (χ3v) is 5.41. The van der Waals surface area contributed by atoms with E-state index in [1.165, 1.54) is 5.56 Å². The lowest BCUT2D eigenvalue weighted by molar-refractivity contribution is 0.174. The van der Waals surface area contributed by atoms with Gasteiger partial charge in [-0.05, 0) is 62.1 Å². The van der Waals surface area contributed by atoms with Crippen LogP contribution in [0.3, 0.4) is 0 Å². The molecule has 2 aliphatic heterocycles. The lowest BCUT2D eigenvalue weighted by Crippen LogP contribution is -2.08. The van der Waals surface area contributed by atoms with Crippen molar-refractivity contribution in [1.29, 1.82) is 0 Å². The minimum Gasteiger partial charge on any atom is -0.454 e. The average molecular weight is 382 g/mol. The van der Waals surface area contributed by atoms with Crippen molar-refractivity contribution in [3.63, 3.8) is 0 Å². The fourth-order valence-electron chi connectivity index (χ4n) is 3.76. The van der Waals surface area contributed by atoms with Crippen molar-refractivity contribution in [3.8, 4) is 28.4 Å². The van der Waals surface area contributed by atoms with Gasteiger partial charge in [0.15, 0.2) is 11.5 Å². The van der Waals surface area contributed by atoms with Crippen LogP contribution in [-0.2, 0) is 6.42 Å². The number of fused-ring (bicyclic) bond motifs is 2. The number of nitrogens with one attached hydrogen (secondary N) is 1. The summed E-state index contributed by atoms with van der Waals surface area (Å²) in [6, 6.07) is 11.9. The standard InChI is InChI=1S/C21H20ClN3O2/c1-13-5-7-15(22)11-17(13)25-21-16(4-2-3-9-23-21)20(24-25)14-6-8-18-19(10-14)27-12-26-18/h5-8,10-11,23H,2-4,9,12H2,1H3. The molecule has 138 valence electrons. The summed E-state index contributed by atoms with van der Waals surface area (Å²) in [7, 11) is 0. The van der Waals surface area contributed by atoms with Crippen LogP contribution < -0.4 is 14.8 Å². The summed E-state index contributed by atoms with van der Waals surface area (Å²) >= 11 is 6.28. The molecule has 0 radical (unpaired) electrons. The van der Waals surface area contributed by atoms with Gasteiger partial charge in [0.05, 0.1) is 11.4 Å². The summed E-state index contributed by atoms with van der Waals surface area (Å²) in [5, 5.41) is 9.29. The number of anilines is 1. The van der Waals surface area contributed by atoms with Crippen molar-refractivity contribution in [3.05, 3.63) is 52.5 Å². The second-order valence-corrected chi connectivity index (χ2v) is 7.41. The molecule has 2 aromatic carbocycles. The molecular formula is C21H20ClN3O2. The van der Waals surface area contributed by atoms with Crippen molar-refractivity contribution in [1.82, 2.24) is 9.78 Å². The van der Waals surface area contributed by atoms with Gasteiger partial charge in [0.25, 0.3) is 0 Å². The Balaban J connectivity index is 1.70. The molecule has 0 saturated heterocycles. The average Bonchev–Trinajstić information content (AvgIpc) is 3.20. The highest BCUT2D eigenvalue weighted by Gasteiger charge is 2.24. The molecule has 2 aliphatic rings. The Labute approximate surface area is 162 Å². The second kappa shape index (κ2) is 6.50. The number of benzene rings is 2. The predicted octanol–water partition coefficient (Wildman–Crippen LogP) is 4.98. The van der Waals surface area contributed by atoms with Crippen LogP contribution >= 0.6 is 11.6 Å². The van der Waals surface area contributed by atoms with E-state index in [4.69, 9.17) is 26.2 Å². The Hall–Kier alpha value is -2.66. The number of nitrogens with zero attached hydrogens (tertiary/aromatic N) is 2. The largest absolute Gasteiger partial charge is 0.454 e. The molecule has 3 aromatic rings. The van der Waals surface area contributed by atoms with Crippen molar-refractivity contribution >= 4 is 17.4 Å². The minimum atomic E-state index is 0.272. The maximum absolute atomic E-state index is 6.28. The van der Waals surface area contributed by atoms with E-state index in [0.29, 0.717) is 5.02 Å². The normalized spacial score (nSPS) is 15.2. The van der Waals surface area contributed by atoms with Gasteiger partial charge in [-0.3, -0.25) is 0 Å². The fraction of sp³-hybridized carbons (Fsp3) is 0.286. The molecule has 0 bridgehead atoms. The van der Waals surface area contributed by atoms with E-state index in [9.17, 15) is 0 Å². The van der Waals surface area contributed by atoms with Crippen LogP contribution in [0, 0.1) is 6.92 Å². The first kappa shape index (κ1) is 16.5. The predicted molar refractivity (Wildman–Crippen MR) is 106 cm³/mol. The zero-order chi connectivity index (χ0) is 18.4. The van der Waals surface area contributed by atoms with E-state index in [2.05, 4.69) is 18.3 Å². The molecule has 0 aliphatic carbocycles. The highest BCUT2D eigenvalue weighted by atomic mass is 35.5. The number of aromatic nitrogens is 2. The van der Waals surface area contributed by atoms with Crippen molar-refractivity contribution < 1.29 is 9.47 Å². The molecule has 6 heteroatoms. The van der Waals surface area contributed by atoms with Gasteiger partial charge in [-0.15, -0.1) is 0 Å². The highest BCUT2D eigenvalue weighted by molar-refractivity contribution is 6.30. The van der Waals surface area contributed by atoms with Gasteiger partial charge in [-0.1, -0.05) is 17.7 Å². The summed E-state index contributed by atoms with van der Waals surface area (Å²) in [6.45, 7) is 3.30. The summed E-state index contributed by atoms with van der Waals surface area (Å²) in [6.07, 6.45) is 3.27. The number of hydrogen-bond acceptors (Lipinski definition) is 4. The first-order chi connectivity index (χ1) is 13.2. The van der Waals surface area contributed by atoms with Gasteiger partial charge in [0.1, 0.15) is 5.82 Å². The number of halogens is 1. The topological polar surface area (TPSA) is 48.3 Å². The van der Waals surface area contributed by atoms with Crippen molar-refractivity contribution in [2.75, 3.05) is 18.7 Å². The van der Waals surface area contributed by atoms with Gasteiger partial charge in [0.2, 0.25) is 6.79 Å². The van der Waals surface area contributed by atoms with E-state index in [0.717, 1.165) is 65.6 Å². The molecule has 1 N–H and O–H groups in total. The van der Waals surface area contributed by atoms with Gasteiger partial charge < -0.3 is 14.8 Å². The van der Waals surface area contributed by atoms with E-state index in [-0.39, 0.29) is 6.79 Å². The number of hydrogen-bond donors (Lipinski definition) is 1. The quantitative estimate of drug-likeness (QED) is 0.680. The molecule has 1 aromatic heterocycles. The van der Waals surface area contributed by atoms with E-state index < -0.39 is 0 Å². The first-order valence-corrected chi connectivity index (χ1v) is 9.61. The Kier molecular flexibility index (Phi) is 3.97. The van der Waals surface area contributed by atoms with Crippen molar-refractivity contribution in [2.45, 2.75) is 26.2 Å². The Morgan fingerprint density at radius 3 is 2.89 bits per heavy atom.